The number of benzene rings is 2. The Hall–Kier alpha value is -2.80. The van der Waals surface area contributed by atoms with Crippen molar-refractivity contribution in [3.05, 3.63) is 60.7 Å². The van der Waals surface area contributed by atoms with E-state index in [1.165, 1.54) is 0 Å². The van der Waals surface area contributed by atoms with Crippen molar-refractivity contribution in [3.8, 4) is 0 Å². The summed E-state index contributed by atoms with van der Waals surface area (Å²) >= 11 is 0. The summed E-state index contributed by atoms with van der Waals surface area (Å²) in [7, 11) is 0. The molecule has 20 heavy (non-hydrogen) atoms. The Morgan fingerprint density at radius 2 is 1.10 bits per heavy atom. The summed E-state index contributed by atoms with van der Waals surface area (Å²) < 4.78 is 0. The second-order valence-electron chi connectivity index (χ2n) is 3.98. The molecule has 4 heteroatoms. The molecule has 0 spiro atoms. The lowest BCUT2D eigenvalue weighted by atomic mass is 10.3. The second kappa shape index (κ2) is 7.59. The highest BCUT2D eigenvalue weighted by molar-refractivity contribution is 5.54. The summed E-state index contributed by atoms with van der Waals surface area (Å²) in [6.07, 6.45) is -0.310. The van der Waals surface area contributed by atoms with E-state index >= 15 is 0 Å². The zero-order valence-electron chi connectivity index (χ0n) is 11.1. The van der Waals surface area contributed by atoms with Crippen LogP contribution < -0.4 is 0 Å². The fraction of sp³-hybridized carbons (Fsp3) is 0.125. The summed E-state index contributed by atoms with van der Waals surface area (Å²) in [5.74, 6) is 0. The third kappa shape index (κ3) is 4.83. The predicted molar refractivity (Wildman–Crippen MR) is 81.4 cm³/mol. The summed E-state index contributed by atoms with van der Waals surface area (Å²) in [5.41, 5.74) is 1.62. The molecule has 0 fully saturated rings. The molecule has 0 unspecified atom stereocenters. The molecule has 0 N–H and O–H groups in total. The Bertz CT molecular complexity index is 590. The maximum atomic E-state index is 4.08. The Kier molecular flexibility index (Phi) is 5.17. The SMILES string of the molecule is CC(N=C=Nc1ccccc1)N=C=Nc1ccccc1. The van der Waals surface area contributed by atoms with E-state index in [-0.39, 0.29) is 6.17 Å². The zero-order chi connectivity index (χ0) is 14.0. The summed E-state index contributed by atoms with van der Waals surface area (Å²) in [4.78, 5) is 16.2. The molecular formula is C16H14N4. The molecule has 2 rings (SSSR count). The van der Waals surface area contributed by atoms with E-state index < -0.39 is 0 Å². The second-order valence-corrected chi connectivity index (χ2v) is 3.98. The van der Waals surface area contributed by atoms with Crippen molar-refractivity contribution >= 4 is 23.4 Å². The molecule has 98 valence electrons. The van der Waals surface area contributed by atoms with Gasteiger partial charge in [0, 0.05) is 0 Å². The Labute approximate surface area is 118 Å². The smallest absolute Gasteiger partial charge is 0.158 e. The molecule has 0 aliphatic rings. The highest BCUT2D eigenvalue weighted by Crippen LogP contribution is 2.08. The van der Waals surface area contributed by atoms with Gasteiger partial charge in [0.2, 0.25) is 0 Å². The molecule has 4 nitrogen and oxygen atoms in total. The molecule has 0 atom stereocenters. The van der Waals surface area contributed by atoms with E-state index in [9.17, 15) is 0 Å². The first-order chi connectivity index (χ1) is 9.84. The number of rotatable bonds is 4. The normalized spacial score (nSPS) is 10.7. The first-order valence-electron chi connectivity index (χ1n) is 6.26. The van der Waals surface area contributed by atoms with Gasteiger partial charge in [0.1, 0.15) is 0 Å². The first kappa shape index (κ1) is 13.6. The molecule has 0 bridgehead atoms. The van der Waals surface area contributed by atoms with Crippen LogP contribution in [-0.2, 0) is 0 Å². The molecule has 0 heterocycles. The van der Waals surface area contributed by atoms with Gasteiger partial charge in [-0.1, -0.05) is 36.4 Å². The molecule has 0 radical (unpaired) electrons. The lowest BCUT2D eigenvalue weighted by Gasteiger charge is -1.90. The van der Waals surface area contributed by atoms with Crippen LogP contribution >= 0.6 is 0 Å². The van der Waals surface area contributed by atoms with E-state index in [1.54, 1.807) is 0 Å². The van der Waals surface area contributed by atoms with Gasteiger partial charge in [0.25, 0.3) is 0 Å². The van der Waals surface area contributed by atoms with Crippen molar-refractivity contribution in [3.63, 3.8) is 0 Å². The van der Waals surface area contributed by atoms with E-state index in [0.29, 0.717) is 0 Å². The van der Waals surface area contributed by atoms with E-state index in [4.69, 9.17) is 0 Å². The van der Waals surface area contributed by atoms with Gasteiger partial charge >= 0.3 is 0 Å². The van der Waals surface area contributed by atoms with E-state index in [0.717, 1.165) is 11.4 Å². The van der Waals surface area contributed by atoms with E-state index in [2.05, 4.69) is 32.0 Å². The van der Waals surface area contributed by atoms with Gasteiger partial charge in [0.15, 0.2) is 6.17 Å². The minimum atomic E-state index is -0.310. The molecule has 0 aliphatic heterocycles. The van der Waals surface area contributed by atoms with Crippen LogP contribution in [0.3, 0.4) is 0 Å². The van der Waals surface area contributed by atoms with Crippen molar-refractivity contribution < 1.29 is 0 Å². The largest absolute Gasteiger partial charge is 0.198 e. The van der Waals surface area contributed by atoms with Crippen LogP contribution in [0.2, 0.25) is 0 Å². The number of hydrogen-bond acceptors (Lipinski definition) is 4. The van der Waals surface area contributed by atoms with Gasteiger partial charge in [0.05, 0.1) is 23.4 Å². The van der Waals surface area contributed by atoms with Crippen molar-refractivity contribution in [2.24, 2.45) is 20.0 Å². The molecule has 0 saturated heterocycles. The highest BCUT2D eigenvalue weighted by Gasteiger charge is 1.89. The monoisotopic (exact) mass is 262 g/mol. The Balaban J connectivity index is 1.97. The van der Waals surface area contributed by atoms with Crippen LogP contribution in [0.4, 0.5) is 11.4 Å². The Morgan fingerprint density at radius 1 is 0.700 bits per heavy atom. The topological polar surface area (TPSA) is 49.4 Å². The molecule has 0 aromatic heterocycles. The molecule has 2 aromatic rings. The maximum Gasteiger partial charge on any atom is 0.158 e. The van der Waals surface area contributed by atoms with Gasteiger partial charge in [-0.2, -0.15) is 20.0 Å². The number of para-hydroxylation sites is 2. The van der Waals surface area contributed by atoms with Gasteiger partial charge < -0.3 is 0 Å². The van der Waals surface area contributed by atoms with Gasteiger partial charge in [-0.25, -0.2) is 0 Å². The number of aliphatic imine (C=N–C) groups is 4. The standard InChI is InChI=1S/C16H14N4/c1-14(17-12-19-15-8-4-2-5-9-15)18-13-20-16-10-6-3-7-11-16/h2-11,14H,1H3. The lowest BCUT2D eigenvalue weighted by molar-refractivity contribution is 0.804. The molecule has 0 saturated carbocycles. The summed E-state index contributed by atoms with van der Waals surface area (Å²) in [5, 5.41) is 0. The average molecular weight is 262 g/mol. The predicted octanol–water partition coefficient (Wildman–Crippen LogP) is 4.34. The fourth-order valence-electron chi connectivity index (χ4n) is 1.37. The van der Waals surface area contributed by atoms with Crippen LogP contribution in [0.25, 0.3) is 0 Å². The lowest BCUT2D eigenvalue weighted by Crippen LogP contribution is -1.89. The van der Waals surface area contributed by atoms with Crippen LogP contribution in [0, 0.1) is 0 Å². The van der Waals surface area contributed by atoms with Gasteiger partial charge in [-0.3, -0.25) is 0 Å². The maximum absolute atomic E-state index is 4.08. The molecule has 2 aromatic carbocycles. The fourth-order valence-corrected chi connectivity index (χ4v) is 1.37. The van der Waals surface area contributed by atoms with Crippen LogP contribution in [0.15, 0.2) is 80.6 Å². The molecule has 0 amide bonds. The zero-order valence-corrected chi connectivity index (χ0v) is 11.1. The van der Waals surface area contributed by atoms with Crippen LogP contribution in [0.1, 0.15) is 6.92 Å². The summed E-state index contributed by atoms with van der Waals surface area (Å²) in [6.45, 7) is 1.82. The third-order valence-electron chi connectivity index (χ3n) is 2.36. The van der Waals surface area contributed by atoms with Gasteiger partial charge in [-0.05, 0) is 31.2 Å². The third-order valence-corrected chi connectivity index (χ3v) is 2.36. The highest BCUT2D eigenvalue weighted by atomic mass is 15.0. The molecule has 0 aliphatic carbocycles. The average Bonchev–Trinajstić information content (AvgIpc) is 2.49. The van der Waals surface area contributed by atoms with Crippen molar-refractivity contribution in [1.29, 1.82) is 0 Å². The van der Waals surface area contributed by atoms with Crippen molar-refractivity contribution in [2.75, 3.05) is 0 Å². The minimum Gasteiger partial charge on any atom is -0.198 e. The molecular weight excluding hydrogens is 248 g/mol. The van der Waals surface area contributed by atoms with Crippen LogP contribution in [0.5, 0.6) is 0 Å². The number of hydrogen-bond donors (Lipinski definition) is 0. The van der Waals surface area contributed by atoms with Crippen molar-refractivity contribution in [2.45, 2.75) is 13.1 Å². The summed E-state index contributed by atoms with van der Waals surface area (Å²) in [6, 6.07) is 24.3. The quantitative estimate of drug-likeness (QED) is 0.736. The van der Waals surface area contributed by atoms with Crippen molar-refractivity contribution in [1.82, 2.24) is 0 Å². The van der Waals surface area contributed by atoms with E-state index in [1.807, 2.05) is 67.6 Å². The van der Waals surface area contributed by atoms with Gasteiger partial charge in [-0.15, -0.1) is 0 Å². The first-order valence-corrected chi connectivity index (χ1v) is 6.26. The Morgan fingerprint density at radius 3 is 1.50 bits per heavy atom. The number of nitrogens with zero attached hydrogens (tertiary/aromatic N) is 4. The minimum absolute atomic E-state index is 0.310. The van der Waals surface area contributed by atoms with Crippen LogP contribution in [-0.4, -0.2) is 18.2 Å².